The Balaban J connectivity index is 1.48. The smallest absolute Gasteiger partial charge is 0.253 e. The van der Waals surface area contributed by atoms with Crippen molar-refractivity contribution in [2.24, 2.45) is 0 Å². The SMILES string of the molecule is CCOc1ccc(C(=O)N2CCN(c3ccccc3F)CC2)cc1COc1ccccc1C(C)(C)C. The van der Waals surface area contributed by atoms with Crippen LogP contribution < -0.4 is 14.4 Å². The standard InChI is InChI=1S/C30H35FN2O3/c1-5-35-27-15-14-22(20-23(27)21-36-28-13-9-6-10-24(28)30(2,3)4)29(34)33-18-16-32(17-19-33)26-12-8-7-11-25(26)31/h6-15,20H,5,16-19,21H2,1-4H3. The second-order valence-corrected chi connectivity index (χ2v) is 10.0. The van der Waals surface area contributed by atoms with E-state index in [1.807, 2.05) is 59.2 Å². The maximum Gasteiger partial charge on any atom is 0.253 e. The molecule has 0 N–H and O–H groups in total. The van der Waals surface area contributed by atoms with E-state index in [9.17, 15) is 9.18 Å². The van der Waals surface area contributed by atoms with Gasteiger partial charge in [0.05, 0.1) is 12.3 Å². The Morgan fingerprint density at radius 3 is 2.28 bits per heavy atom. The summed E-state index contributed by atoms with van der Waals surface area (Å²) in [4.78, 5) is 17.2. The maximum atomic E-state index is 14.2. The second kappa shape index (κ2) is 11.0. The molecule has 0 unspecified atom stereocenters. The van der Waals surface area contributed by atoms with E-state index in [0.29, 0.717) is 56.4 Å². The Bertz CT molecular complexity index is 1200. The molecule has 1 saturated heterocycles. The van der Waals surface area contributed by atoms with Crippen LogP contribution in [0.25, 0.3) is 0 Å². The third kappa shape index (κ3) is 5.81. The number of halogens is 1. The summed E-state index contributed by atoms with van der Waals surface area (Å²) in [7, 11) is 0. The lowest BCUT2D eigenvalue weighted by Crippen LogP contribution is -2.49. The number of carbonyl (C=O) groups is 1. The topological polar surface area (TPSA) is 42.0 Å². The van der Waals surface area contributed by atoms with Crippen molar-refractivity contribution in [3.8, 4) is 11.5 Å². The van der Waals surface area contributed by atoms with Crippen molar-refractivity contribution in [1.29, 1.82) is 0 Å². The average molecular weight is 491 g/mol. The zero-order valence-corrected chi connectivity index (χ0v) is 21.6. The zero-order chi connectivity index (χ0) is 25.7. The molecule has 1 heterocycles. The molecule has 0 radical (unpaired) electrons. The predicted octanol–water partition coefficient (Wildman–Crippen LogP) is 6.06. The number of hydrogen-bond acceptors (Lipinski definition) is 4. The number of para-hydroxylation sites is 2. The molecule has 0 aromatic heterocycles. The summed E-state index contributed by atoms with van der Waals surface area (Å²) in [6, 6.07) is 20.3. The van der Waals surface area contributed by atoms with Gasteiger partial charge in [0.25, 0.3) is 5.91 Å². The largest absolute Gasteiger partial charge is 0.493 e. The van der Waals surface area contributed by atoms with Crippen molar-refractivity contribution in [3.05, 3.63) is 89.2 Å². The van der Waals surface area contributed by atoms with Gasteiger partial charge in [-0.1, -0.05) is 51.1 Å². The van der Waals surface area contributed by atoms with Crippen molar-refractivity contribution in [2.45, 2.75) is 39.7 Å². The van der Waals surface area contributed by atoms with Crippen LogP contribution in [0.2, 0.25) is 0 Å². The Morgan fingerprint density at radius 2 is 1.58 bits per heavy atom. The first kappa shape index (κ1) is 25.5. The van der Waals surface area contributed by atoms with Crippen LogP contribution >= 0.6 is 0 Å². The van der Waals surface area contributed by atoms with Crippen molar-refractivity contribution in [2.75, 3.05) is 37.7 Å². The van der Waals surface area contributed by atoms with E-state index in [1.165, 1.54) is 6.07 Å². The molecule has 0 bridgehead atoms. The summed E-state index contributed by atoms with van der Waals surface area (Å²) < 4.78 is 26.3. The second-order valence-electron chi connectivity index (χ2n) is 10.0. The Kier molecular flexibility index (Phi) is 7.82. The summed E-state index contributed by atoms with van der Waals surface area (Å²) in [5.41, 5.74) is 3.09. The fraction of sp³-hybridized carbons (Fsp3) is 0.367. The number of rotatable bonds is 7. The van der Waals surface area contributed by atoms with E-state index in [2.05, 4.69) is 26.8 Å². The van der Waals surface area contributed by atoms with E-state index in [4.69, 9.17) is 9.47 Å². The lowest BCUT2D eigenvalue weighted by atomic mass is 9.86. The van der Waals surface area contributed by atoms with Gasteiger partial charge in [-0.05, 0) is 54.3 Å². The maximum absolute atomic E-state index is 14.2. The van der Waals surface area contributed by atoms with Crippen molar-refractivity contribution < 1.29 is 18.7 Å². The van der Waals surface area contributed by atoms with Crippen LogP contribution in [-0.2, 0) is 12.0 Å². The van der Waals surface area contributed by atoms with E-state index in [1.54, 1.807) is 12.1 Å². The molecule has 1 fully saturated rings. The van der Waals surface area contributed by atoms with E-state index >= 15 is 0 Å². The number of ether oxygens (including phenoxy) is 2. The normalized spacial score (nSPS) is 14.0. The van der Waals surface area contributed by atoms with Gasteiger partial charge < -0.3 is 19.3 Å². The predicted molar refractivity (Wildman–Crippen MR) is 142 cm³/mol. The highest BCUT2D eigenvalue weighted by atomic mass is 19.1. The molecule has 5 nitrogen and oxygen atoms in total. The Hall–Kier alpha value is -3.54. The fourth-order valence-corrected chi connectivity index (χ4v) is 4.53. The lowest BCUT2D eigenvalue weighted by molar-refractivity contribution is 0.0746. The van der Waals surface area contributed by atoms with Gasteiger partial charge in [-0.2, -0.15) is 0 Å². The van der Waals surface area contributed by atoms with E-state index in [0.717, 1.165) is 16.9 Å². The lowest BCUT2D eigenvalue weighted by Gasteiger charge is -2.36. The van der Waals surface area contributed by atoms with Crippen molar-refractivity contribution >= 4 is 11.6 Å². The average Bonchev–Trinajstić information content (AvgIpc) is 2.88. The van der Waals surface area contributed by atoms with Gasteiger partial charge in [0, 0.05) is 37.3 Å². The molecule has 1 amide bonds. The number of nitrogens with zero attached hydrogens (tertiary/aromatic N) is 2. The summed E-state index contributed by atoms with van der Waals surface area (Å²) in [5, 5.41) is 0. The summed E-state index contributed by atoms with van der Waals surface area (Å²) >= 11 is 0. The highest BCUT2D eigenvalue weighted by molar-refractivity contribution is 5.94. The molecule has 1 aliphatic heterocycles. The van der Waals surface area contributed by atoms with Gasteiger partial charge in [-0.25, -0.2) is 4.39 Å². The third-order valence-electron chi connectivity index (χ3n) is 6.45. The Morgan fingerprint density at radius 1 is 0.889 bits per heavy atom. The number of carbonyl (C=O) groups excluding carboxylic acids is 1. The highest BCUT2D eigenvalue weighted by Gasteiger charge is 2.25. The molecule has 0 spiro atoms. The molecule has 36 heavy (non-hydrogen) atoms. The molecule has 3 aromatic rings. The monoisotopic (exact) mass is 490 g/mol. The van der Waals surface area contributed by atoms with E-state index in [-0.39, 0.29) is 17.1 Å². The van der Waals surface area contributed by atoms with Crippen molar-refractivity contribution in [3.63, 3.8) is 0 Å². The summed E-state index contributed by atoms with van der Waals surface area (Å²) in [6.45, 7) is 11.5. The minimum atomic E-state index is -0.235. The minimum Gasteiger partial charge on any atom is -0.493 e. The summed E-state index contributed by atoms with van der Waals surface area (Å²) in [6.07, 6.45) is 0. The fourth-order valence-electron chi connectivity index (χ4n) is 4.53. The third-order valence-corrected chi connectivity index (χ3v) is 6.45. The van der Waals surface area contributed by atoms with Crippen LogP contribution in [0.3, 0.4) is 0 Å². The minimum absolute atomic E-state index is 0.0393. The molecule has 6 heteroatoms. The Labute approximate surface area is 213 Å². The van der Waals surface area contributed by atoms with Gasteiger partial charge in [0.1, 0.15) is 23.9 Å². The molecule has 0 atom stereocenters. The molecule has 1 aliphatic rings. The molecule has 190 valence electrons. The molecule has 3 aromatic carbocycles. The zero-order valence-electron chi connectivity index (χ0n) is 21.6. The highest BCUT2D eigenvalue weighted by Crippen LogP contribution is 2.32. The van der Waals surface area contributed by atoms with Crippen LogP contribution in [0.5, 0.6) is 11.5 Å². The number of piperazine rings is 1. The first-order valence-corrected chi connectivity index (χ1v) is 12.5. The number of anilines is 1. The van der Waals surface area contributed by atoms with E-state index < -0.39 is 0 Å². The van der Waals surface area contributed by atoms with Gasteiger partial charge in [0.15, 0.2) is 0 Å². The van der Waals surface area contributed by atoms with Crippen LogP contribution in [0.15, 0.2) is 66.7 Å². The first-order chi connectivity index (χ1) is 17.3. The van der Waals surface area contributed by atoms with Gasteiger partial charge in [0.2, 0.25) is 0 Å². The molecule has 4 rings (SSSR count). The number of amides is 1. The van der Waals surface area contributed by atoms with Crippen LogP contribution in [0.1, 0.15) is 49.2 Å². The molecular formula is C30H35FN2O3. The number of hydrogen-bond donors (Lipinski definition) is 0. The number of benzene rings is 3. The van der Waals surface area contributed by atoms with Crippen LogP contribution in [0.4, 0.5) is 10.1 Å². The molecule has 0 aliphatic carbocycles. The van der Waals surface area contributed by atoms with Gasteiger partial charge in [-0.3, -0.25) is 4.79 Å². The first-order valence-electron chi connectivity index (χ1n) is 12.5. The van der Waals surface area contributed by atoms with Gasteiger partial charge in [-0.15, -0.1) is 0 Å². The van der Waals surface area contributed by atoms with Crippen LogP contribution in [-0.4, -0.2) is 43.6 Å². The summed E-state index contributed by atoms with van der Waals surface area (Å²) in [5.74, 6) is 1.27. The molecule has 0 saturated carbocycles. The molecular weight excluding hydrogens is 455 g/mol. The quantitative estimate of drug-likeness (QED) is 0.404. The van der Waals surface area contributed by atoms with Gasteiger partial charge >= 0.3 is 0 Å². The van der Waals surface area contributed by atoms with Crippen molar-refractivity contribution in [1.82, 2.24) is 4.90 Å². The van der Waals surface area contributed by atoms with Crippen LogP contribution in [0, 0.1) is 5.82 Å².